The van der Waals surface area contributed by atoms with Gasteiger partial charge in [-0.1, -0.05) is 65.2 Å². The largest absolute Gasteiger partial charge is 0.459 e. The first kappa shape index (κ1) is 20.4. The Kier molecular flexibility index (Phi) is 9.93. The van der Waals surface area contributed by atoms with Crippen molar-refractivity contribution in [2.75, 3.05) is 0 Å². The van der Waals surface area contributed by atoms with Gasteiger partial charge in [-0.2, -0.15) is 0 Å². The molecule has 0 aliphatic rings. The minimum Gasteiger partial charge on any atom is -0.459 e. The molecule has 0 aliphatic carbocycles. The van der Waals surface area contributed by atoms with Crippen LogP contribution in [-0.2, 0) is 9.53 Å². The van der Waals surface area contributed by atoms with Crippen LogP contribution >= 0.6 is 0 Å². The Morgan fingerprint density at radius 3 is 1.81 bits per heavy atom. The molecule has 0 aromatic rings. The fourth-order valence-corrected chi connectivity index (χ4v) is 2.38. The molecule has 0 saturated heterocycles. The van der Waals surface area contributed by atoms with E-state index in [2.05, 4.69) is 6.92 Å². The normalized spacial score (nSPS) is 14.8. The van der Waals surface area contributed by atoms with Crippen molar-refractivity contribution in [3.05, 3.63) is 0 Å². The lowest BCUT2D eigenvalue weighted by molar-refractivity contribution is -0.162. The van der Waals surface area contributed by atoms with Crippen molar-refractivity contribution in [3.63, 3.8) is 0 Å². The number of esters is 1. The summed E-state index contributed by atoms with van der Waals surface area (Å²) in [6, 6.07) is 0. The second kappa shape index (κ2) is 10.2. The monoisotopic (exact) mass is 299 g/mol. The molecule has 3 heteroatoms. The minimum absolute atomic E-state index is 0.250. The van der Waals surface area contributed by atoms with E-state index in [1.54, 1.807) is 0 Å². The van der Waals surface area contributed by atoms with Gasteiger partial charge >= 0.3 is 5.97 Å². The van der Waals surface area contributed by atoms with E-state index in [1.807, 2.05) is 27.7 Å². The van der Waals surface area contributed by atoms with Gasteiger partial charge in [-0.3, -0.25) is 4.79 Å². The number of nitrogens with two attached hydrogens (primary N) is 1. The quantitative estimate of drug-likeness (QED) is 0.433. The van der Waals surface area contributed by atoms with Crippen LogP contribution in [0.5, 0.6) is 0 Å². The van der Waals surface area contributed by atoms with E-state index in [0.717, 1.165) is 19.3 Å². The van der Waals surface area contributed by atoms with Gasteiger partial charge in [-0.05, 0) is 33.6 Å². The van der Waals surface area contributed by atoms with E-state index in [4.69, 9.17) is 10.5 Å². The number of unbranched alkanes of at least 4 members (excludes halogenated alkanes) is 7. The highest BCUT2D eigenvalue weighted by molar-refractivity contribution is 5.80. The highest BCUT2D eigenvalue weighted by Crippen LogP contribution is 2.22. The molecule has 0 bridgehead atoms. The molecule has 0 amide bonds. The van der Waals surface area contributed by atoms with Crippen LogP contribution in [0.2, 0.25) is 0 Å². The van der Waals surface area contributed by atoms with E-state index in [9.17, 15) is 4.79 Å². The van der Waals surface area contributed by atoms with Gasteiger partial charge in [0.05, 0.1) is 0 Å². The highest BCUT2D eigenvalue weighted by atomic mass is 16.6. The molecule has 0 aromatic carbocycles. The molecule has 0 aromatic heterocycles. The second-order valence-electron chi connectivity index (χ2n) is 7.24. The van der Waals surface area contributed by atoms with Gasteiger partial charge in [0.25, 0.3) is 0 Å². The van der Waals surface area contributed by atoms with Gasteiger partial charge in [-0.15, -0.1) is 0 Å². The Morgan fingerprint density at radius 2 is 1.38 bits per heavy atom. The van der Waals surface area contributed by atoms with Crippen LogP contribution in [0.15, 0.2) is 0 Å². The van der Waals surface area contributed by atoms with Gasteiger partial charge in [0.15, 0.2) is 0 Å². The number of hydrogen-bond acceptors (Lipinski definition) is 3. The van der Waals surface area contributed by atoms with Crippen molar-refractivity contribution in [2.24, 2.45) is 5.73 Å². The SMILES string of the molecule is CCCCCCCCCCC(N)(CC)C(=O)OC(C)(C)C. The summed E-state index contributed by atoms with van der Waals surface area (Å²) >= 11 is 0. The van der Waals surface area contributed by atoms with E-state index in [1.165, 1.54) is 38.5 Å². The van der Waals surface area contributed by atoms with Crippen molar-refractivity contribution in [2.45, 2.75) is 110 Å². The summed E-state index contributed by atoms with van der Waals surface area (Å²) in [7, 11) is 0. The first-order valence-electron chi connectivity index (χ1n) is 8.77. The zero-order valence-electron chi connectivity index (χ0n) is 15.0. The summed E-state index contributed by atoms with van der Waals surface area (Å²) in [4.78, 5) is 12.2. The Hall–Kier alpha value is -0.570. The highest BCUT2D eigenvalue weighted by Gasteiger charge is 2.35. The zero-order valence-corrected chi connectivity index (χ0v) is 15.0. The maximum atomic E-state index is 12.2. The average molecular weight is 299 g/mol. The maximum absolute atomic E-state index is 12.2. The van der Waals surface area contributed by atoms with E-state index in [0.29, 0.717) is 6.42 Å². The van der Waals surface area contributed by atoms with Crippen LogP contribution in [0.1, 0.15) is 98.8 Å². The minimum atomic E-state index is -0.810. The standard InChI is InChI=1S/C18H37NO2/c1-6-8-9-10-11-12-13-14-15-18(19,7-2)16(20)21-17(3,4)5/h6-15,19H2,1-5H3. The first-order valence-corrected chi connectivity index (χ1v) is 8.77. The smallest absolute Gasteiger partial charge is 0.326 e. The second-order valence-corrected chi connectivity index (χ2v) is 7.24. The molecule has 1 unspecified atom stereocenters. The zero-order chi connectivity index (χ0) is 16.4. The molecule has 0 saturated carbocycles. The summed E-state index contributed by atoms with van der Waals surface area (Å²) in [6.45, 7) is 9.86. The van der Waals surface area contributed by atoms with Gasteiger partial charge in [0.1, 0.15) is 11.1 Å². The lowest BCUT2D eigenvalue weighted by Crippen LogP contribution is -2.50. The van der Waals surface area contributed by atoms with Crippen LogP contribution in [0.25, 0.3) is 0 Å². The van der Waals surface area contributed by atoms with Crippen LogP contribution in [-0.4, -0.2) is 17.1 Å². The molecular weight excluding hydrogens is 262 g/mol. The third kappa shape index (κ3) is 9.89. The van der Waals surface area contributed by atoms with Crippen molar-refractivity contribution in [1.29, 1.82) is 0 Å². The molecule has 0 spiro atoms. The predicted molar refractivity (Wildman–Crippen MR) is 90.3 cm³/mol. The first-order chi connectivity index (χ1) is 9.75. The van der Waals surface area contributed by atoms with E-state index in [-0.39, 0.29) is 5.97 Å². The number of carbonyl (C=O) groups excluding carboxylic acids is 1. The van der Waals surface area contributed by atoms with E-state index < -0.39 is 11.1 Å². The molecule has 2 N–H and O–H groups in total. The Balaban J connectivity index is 3.94. The molecule has 0 heterocycles. The Labute approximate surface area is 132 Å². The lowest BCUT2D eigenvalue weighted by atomic mass is 9.90. The van der Waals surface area contributed by atoms with Crippen molar-refractivity contribution in [1.82, 2.24) is 0 Å². The molecule has 1 atom stereocenters. The molecular formula is C18H37NO2. The van der Waals surface area contributed by atoms with Crippen molar-refractivity contribution >= 4 is 5.97 Å². The Bertz CT molecular complexity index is 283. The molecule has 0 rings (SSSR count). The molecule has 0 radical (unpaired) electrons. The van der Waals surface area contributed by atoms with Crippen LogP contribution in [0, 0.1) is 0 Å². The van der Waals surface area contributed by atoms with Gasteiger partial charge in [0, 0.05) is 0 Å². The Morgan fingerprint density at radius 1 is 0.905 bits per heavy atom. The third-order valence-corrected chi connectivity index (χ3v) is 3.91. The summed E-state index contributed by atoms with van der Waals surface area (Å²) < 4.78 is 5.45. The number of rotatable bonds is 11. The van der Waals surface area contributed by atoms with Crippen LogP contribution in [0.4, 0.5) is 0 Å². The number of hydrogen-bond donors (Lipinski definition) is 1. The van der Waals surface area contributed by atoms with Crippen LogP contribution in [0.3, 0.4) is 0 Å². The molecule has 0 fully saturated rings. The average Bonchev–Trinajstić information content (AvgIpc) is 2.39. The molecule has 126 valence electrons. The predicted octanol–water partition coefficient (Wildman–Crippen LogP) is 4.97. The van der Waals surface area contributed by atoms with Crippen LogP contribution < -0.4 is 5.73 Å². The van der Waals surface area contributed by atoms with Gasteiger partial charge < -0.3 is 10.5 Å². The number of ether oxygens (including phenoxy) is 1. The summed E-state index contributed by atoms with van der Waals surface area (Å²) in [5.74, 6) is -0.250. The summed E-state index contributed by atoms with van der Waals surface area (Å²) in [6.07, 6.45) is 11.4. The molecule has 21 heavy (non-hydrogen) atoms. The lowest BCUT2D eigenvalue weighted by Gasteiger charge is -2.30. The summed E-state index contributed by atoms with van der Waals surface area (Å²) in [5, 5.41) is 0. The fraction of sp³-hybridized carbons (Fsp3) is 0.944. The molecule has 0 aliphatic heterocycles. The van der Waals surface area contributed by atoms with E-state index >= 15 is 0 Å². The van der Waals surface area contributed by atoms with Crippen molar-refractivity contribution in [3.8, 4) is 0 Å². The van der Waals surface area contributed by atoms with Crippen molar-refractivity contribution < 1.29 is 9.53 Å². The molecule has 3 nitrogen and oxygen atoms in total. The van der Waals surface area contributed by atoms with Gasteiger partial charge in [0.2, 0.25) is 0 Å². The van der Waals surface area contributed by atoms with Gasteiger partial charge in [-0.25, -0.2) is 0 Å². The third-order valence-electron chi connectivity index (χ3n) is 3.91. The number of carbonyl (C=O) groups is 1. The topological polar surface area (TPSA) is 52.3 Å². The fourth-order valence-electron chi connectivity index (χ4n) is 2.38. The summed E-state index contributed by atoms with van der Waals surface area (Å²) in [5.41, 5.74) is 4.98. The maximum Gasteiger partial charge on any atom is 0.326 e.